The van der Waals surface area contributed by atoms with Gasteiger partial charge < -0.3 is 9.80 Å². The molecule has 1 amide bonds. The molecule has 1 aliphatic heterocycles. The first-order valence-corrected chi connectivity index (χ1v) is 9.38. The van der Waals surface area contributed by atoms with E-state index >= 15 is 0 Å². The van der Waals surface area contributed by atoms with Gasteiger partial charge in [-0.05, 0) is 44.5 Å². The van der Waals surface area contributed by atoms with Crippen LogP contribution in [0.25, 0.3) is 0 Å². The van der Waals surface area contributed by atoms with Crippen molar-refractivity contribution in [3.05, 3.63) is 34.9 Å². The van der Waals surface area contributed by atoms with Crippen molar-refractivity contribution in [2.75, 3.05) is 38.7 Å². The number of carbonyl (C=O) groups is 1. The second-order valence-corrected chi connectivity index (χ2v) is 7.79. The third kappa shape index (κ3) is 5.78. The van der Waals surface area contributed by atoms with Crippen LogP contribution < -0.4 is 0 Å². The standard InChI is InChI=1S/C17H20F6N2OS/c1-24(2)9-14-10-27-5-3-4-25(14)15(26)11-6-12(16(18,19)20)8-13(7-11)17(21,22)23/h6-8,14H,3-5,9-10H2,1-2H3. The number of rotatable bonds is 3. The predicted molar refractivity (Wildman–Crippen MR) is 91.8 cm³/mol. The first kappa shape index (κ1) is 21.9. The van der Waals surface area contributed by atoms with E-state index in [1.54, 1.807) is 25.9 Å². The lowest BCUT2D eigenvalue weighted by Crippen LogP contribution is -2.46. The van der Waals surface area contributed by atoms with Gasteiger partial charge in [-0.25, -0.2) is 0 Å². The van der Waals surface area contributed by atoms with Gasteiger partial charge in [0.15, 0.2) is 0 Å². The van der Waals surface area contributed by atoms with E-state index in [-0.39, 0.29) is 12.1 Å². The van der Waals surface area contributed by atoms with Crippen molar-refractivity contribution in [2.45, 2.75) is 24.8 Å². The summed E-state index contributed by atoms with van der Waals surface area (Å²) in [6, 6.07) is 0.751. The molecule has 10 heteroatoms. The largest absolute Gasteiger partial charge is 0.416 e. The van der Waals surface area contributed by atoms with Crippen LogP contribution in [-0.4, -0.2) is 60.4 Å². The maximum atomic E-state index is 13.1. The highest BCUT2D eigenvalue weighted by molar-refractivity contribution is 7.99. The zero-order valence-corrected chi connectivity index (χ0v) is 15.6. The second-order valence-electron chi connectivity index (χ2n) is 6.64. The topological polar surface area (TPSA) is 23.6 Å². The van der Waals surface area contributed by atoms with Crippen LogP contribution in [0.3, 0.4) is 0 Å². The highest BCUT2D eigenvalue weighted by atomic mass is 32.2. The van der Waals surface area contributed by atoms with E-state index in [1.807, 2.05) is 4.90 Å². The summed E-state index contributed by atoms with van der Waals surface area (Å²) in [6.45, 7) is 0.770. The molecule has 0 aromatic heterocycles. The van der Waals surface area contributed by atoms with Crippen LogP contribution in [0.5, 0.6) is 0 Å². The molecule has 2 rings (SSSR count). The average Bonchev–Trinajstić information content (AvgIpc) is 2.77. The van der Waals surface area contributed by atoms with Crippen LogP contribution in [0.2, 0.25) is 0 Å². The molecule has 152 valence electrons. The smallest absolute Gasteiger partial charge is 0.334 e. The summed E-state index contributed by atoms with van der Waals surface area (Å²) in [5, 5.41) is 0. The minimum atomic E-state index is -4.98. The van der Waals surface area contributed by atoms with Crippen LogP contribution in [0, 0.1) is 0 Å². The normalized spacial score (nSPS) is 19.3. The quantitative estimate of drug-likeness (QED) is 0.692. The summed E-state index contributed by atoms with van der Waals surface area (Å²) >= 11 is 1.62. The van der Waals surface area contributed by atoms with Crippen LogP contribution in [-0.2, 0) is 12.4 Å². The Morgan fingerprint density at radius 3 is 2.15 bits per heavy atom. The van der Waals surface area contributed by atoms with Gasteiger partial charge in [0.05, 0.1) is 17.2 Å². The summed E-state index contributed by atoms with van der Waals surface area (Å²) in [4.78, 5) is 16.1. The predicted octanol–water partition coefficient (Wildman–Crippen LogP) is 4.23. The van der Waals surface area contributed by atoms with Crippen LogP contribution in [0.4, 0.5) is 26.3 Å². The molecule has 0 aliphatic carbocycles. The maximum absolute atomic E-state index is 13.1. The molecule has 1 atom stereocenters. The molecule has 3 nitrogen and oxygen atoms in total. The lowest BCUT2D eigenvalue weighted by molar-refractivity contribution is -0.143. The lowest BCUT2D eigenvalue weighted by atomic mass is 10.0. The summed E-state index contributed by atoms with van der Waals surface area (Å²) in [7, 11) is 3.59. The Hall–Kier alpha value is -1.42. The zero-order chi connectivity index (χ0) is 20.4. The number of carbonyl (C=O) groups excluding carboxylic acids is 1. The molecule has 27 heavy (non-hydrogen) atoms. The van der Waals surface area contributed by atoms with Crippen molar-refractivity contribution < 1.29 is 31.1 Å². The van der Waals surface area contributed by atoms with E-state index in [0.29, 0.717) is 37.4 Å². The Bertz CT molecular complexity index is 642. The summed E-state index contributed by atoms with van der Waals surface area (Å²) < 4.78 is 78.3. The third-order valence-electron chi connectivity index (χ3n) is 4.11. The number of halogens is 6. The van der Waals surface area contributed by atoms with Crippen LogP contribution in [0.15, 0.2) is 18.2 Å². The van der Waals surface area contributed by atoms with Gasteiger partial charge in [0.25, 0.3) is 5.91 Å². The van der Waals surface area contributed by atoms with Gasteiger partial charge in [-0.1, -0.05) is 0 Å². The molecule has 1 saturated heterocycles. The average molecular weight is 414 g/mol. The molecular weight excluding hydrogens is 394 g/mol. The zero-order valence-electron chi connectivity index (χ0n) is 14.8. The van der Waals surface area contributed by atoms with Gasteiger partial charge in [-0.15, -0.1) is 0 Å². The molecule has 1 unspecified atom stereocenters. The third-order valence-corrected chi connectivity index (χ3v) is 5.31. The highest BCUT2D eigenvalue weighted by Gasteiger charge is 2.38. The van der Waals surface area contributed by atoms with Gasteiger partial charge >= 0.3 is 12.4 Å². The van der Waals surface area contributed by atoms with Crippen LogP contribution in [0.1, 0.15) is 27.9 Å². The monoisotopic (exact) mass is 414 g/mol. The Kier molecular flexibility index (Phi) is 6.72. The van der Waals surface area contributed by atoms with Gasteiger partial charge in [0.2, 0.25) is 0 Å². The van der Waals surface area contributed by atoms with E-state index in [9.17, 15) is 31.1 Å². The Labute approximate surface area is 157 Å². The number of alkyl halides is 6. The number of likely N-dealkylation sites (N-methyl/N-ethyl adjacent to an activating group) is 1. The van der Waals surface area contributed by atoms with Crippen molar-refractivity contribution in [3.8, 4) is 0 Å². The van der Waals surface area contributed by atoms with Crippen molar-refractivity contribution in [3.63, 3.8) is 0 Å². The van der Waals surface area contributed by atoms with Gasteiger partial charge in [-0.3, -0.25) is 4.79 Å². The number of hydrogen-bond acceptors (Lipinski definition) is 3. The van der Waals surface area contributed by atoms with Crippen LogP contribution >= 0.6 is 11.8 Å². The number of nitrogens with zero attached hydrogens (tertiary/aromatic N) is 2. The number of benzene rings is 1. The number of thioether (sulfide) groups is 1. The van der Waals surface area contributed by atoms with Crippen molar-refractivity contribution in [1.82, 2.24) is 9.80 Å². The van der Waals surface area contributed by atoms with Crippen molar-refractivity contribution in [1.29, 1.82) is 0 Å². The van der Waals surface area contributed by atoms with E-state index in [2.05, 4.69) is 0 Å². The molecule has 1 heterocycles. The molecule has 1 aliphatic rings. The molecule has 1 aromatic rings. The van der Waals surface area contributed by atoms with E-state index in [4.69, 9.17) is 0 Å². The van der Waals surface area contributed by atoms with Gasteiger partial charge in [-0.2, -0.15) is 38.1 Å². The highest BCUT2D eigenvalue weighted by Crippen LogP contribution is 2.36. The van der Waals surface area contributed by atoms with Gasteiger partial charge in [0.1, 0.15) is 0 Å². The SMILES string of the molecule is CN(C)CC1CSCCCN1C(=O)c1cc(C(F)(F)F)cc(C(F)(F)F)c1. The molecule has 0 bridgehead atoms. The summed E-state index contributed by atoms with van der Waals surface area (Å²) in [5.41, 5.74) is -3.55. The molecule has 0 N–H and O–H groups in total. The maximum Gasteiger partial charge on any atom is 0.416 e. The Balaban J connectivity index is 2.46. The molecule has 1 aromatic carbocycles. The van der Waals surface area contributed by atoms with E-state index < -0.39 is 35.0 Å². The fourth-order valence-electron chi connectivity index (χ4n) is 2.91. The fourth-order valence-corrected chi connectivity index (χ4v) is 3.97. The molecule has 0 spiro atoms. The van der Waals surface area contributed by atoms with Crippen molar-refractivity contribution >= 4 is 17.7 Å². The lowest BCUT2D eigenvalue weighted by Gasteiger charge is -2.32. The minimum absolute atomic E-state index is 0.0341. The van der Waals surface area contributed by atoms with Crippen molar-refractivity contribution in [2.24, 2.45) is 0 Å². The molecule has 1 fully saturated rings. The summed E-state index contributed by atoms with van der Waals surface area (Å²) in [5.74, 6) is 0.556. The first-order chi connectivity index (χ1) is 12.4. The Morgan fingerprint density at radius 2 is 1.67 bits per heavy atom. The Morgan fingerprint density at radius 1 is 1.11 bits per heavy atom. The van der Waals surface area contributed by atoms with E-state index in [1.165, 1.54) is 4.90 Å². The van der Waals surface area contributed by atoms with Gasteiger partial charge in [0, 0.05) is 24.4 Å². The first-order valence-electron chi connectivity index (χ1n) is 8.22. The fraction of sp³-hybridized carbons (Fsp3) is 0.588. The number of hydrogen-bond donors (Lipinski definition) is 0. The molecular formula is C17H20F6N2OS. The minimum Gasteiger partial charge on any atom is -0.334 e. The van der Waals surface area contributed by atoms with E-state index in [0.717, 1.165) is 5.75 Å². The molecule has 0 radical (unpaired) electrons. The summed E-state index contributed by atoms with van der Waals surface area (Å²) in [6.07, 6.45) is -9.33. The molecule has 0 saturated carbocycles. The number of amides is 1. The second kappa shape index (κ2) is 8.30.